The Kier molecular flexibility index (Phi) is 5.44. The van der Waals surface area contributed by atoms with Gasteiger partial charge in [-0.25, -0.2) is 9.59 Å². The minimum Gasteiger partial charge on any atom is -0.508 e. The second kappa shape index (κ2) is 8.22. The lowest BCUT2D eigenvalue weighted by atomic mass is 10.0. The van der Waals surface area contributed by atoms with E-state index in [4.69, 9.17) is 4.42 Å². The number of aromatic amines is 1. The number of benzene rings is 2. The number of phenols is 1. The predicted octanol–water partition coefficient (Wildman–Crippen LogP) is 2.95. The summed E-state index contributed by atoms with van der Waals surface area (Å²) in [6.45, 7) is 3.33. The van der Waals surface area contributed by atoms with Crippen LogP contribution in [0.3, 0.4) is 0 Å². The van der Waals surface area contributed by atoms with E-state index in [2.05, 4.69) is 10.3 Å². The zero-order valence-corrected chi connectivity index (χ0v) is 17.6. The number of nitrogens with one attached hydrogen (secondary N) is 2. The molecule has 0 radical (unpaired) electrons. The summed E-state index contributed by atoms with van der Waals surface area (Å²) < 4.78 is 5.36. The molecule has 0 bridgehead atoms. The first-order chi connectivity index (χ1) is 15.3. The molecular weight excluding hydrogens is 412 g/mol. The molecular formula is C24H22N2O6. The maximum absolute atomic E-state index is 12.7. The van der Waals surface area contributed by atoms with Crippen LogP contribution in [0.25, 0.3) is 21.9 Å². The molecule has 0 aliphatic heterocycles. The van der Waals surface area contributed by atoms with Gasteiger partial charge in [0.1, 0.15) is 17.4 Å². The van der Waals surface area contributed by atoms with Crippen molar-refractivity contribution in [2.24, 2.45) is 0 Å². The summed E-state index contributed by atoms with van der Waals surface area (Å²) >= 11 is 0. The van der Waals surface area contributed by atoms with Gasteiger partial charge in [0.05, 0.1) is 12.0 Å². The summed E-state index contributed by atoms with van der Waals surface area (Å²) in [6.07, 6.45) is 1.50. The van der Waals surface area contributed by atoms with Gasteiger partial charge in [-0.1, -0.05) is 18.2 Å². The number of carboxylic acid groups (broad SMARTS) is 1. The van der Waals surface area contributed by atoms with Gasteiger partial charge in [-0.05, 0) is 43.2 Å². The number of carbonyl (C=O) groups excluding carboxylic acids is 1. The lowest BCUT2D eigenvalue weighted by molar-refractivity contribution is -0.141. The average molecular weight is 434 g/mol. The molecule has 2 heterocycles. The lowest BCUT2D eigenvalue weighted by Gasteiger charge is -2.15. The van der Waals surface area contributed by atoms with Crippen LogP contribution in [0.15, 0.2) is 51.8 Å². The molecule has 32 heavy (non-hydrogen) atoms. The molecule has 4 N–H and O–H groups in total. The third-order valence-electron chi connectivity index (χ3n) is 5.74. The fourth-order valence-electron chi connectivity index (χ4n) is 3.91. The van der Waals surface area contributed by atoms with Gasteiger partial charge in [-0.15, -0.1) is 0 Å². The summed E-state index contributed by atoms with van der Waals surface area (Å²) in [7, 11) is 0. The van der Waals surface area contributed by atoms with Crippen molar-refractivity contribution in [1.82, 2.24) is 10.3 Å². The topological polar surface area (TPSA) is 133 Å². The van der Waals surface area contributed by atoms with E-state index in [9.17, 15) is 24.6 Å². The number of carboxylic acids is 1. The van der Waals surface area contributed by atoms with Crippen molar-refractivity contribution >= 4 is 33.7 Å². The second-order valence-electron chi connectivity index (χ2n) is 7.78. The fourth-order valence-corrected chi connectivity index (χ4v) is 3.91. The van der Waals surface area contributed by atoms with Crippen LogP contribution in [0.5, 0.6) is 5.75 Å². The molecule has 0 spiro atoms. The Hall–Kier alpha value is -4.07. The van der Waals surface area contributed by atoms with Gasteiger partial charge in [-0.2, -0.15) is 0 Å². The highest BCUT2D eigenvalue weighted by molar-refractivity contribution is 5.89. The van der Waals surface area contributed by atoms with Crippen molar-refractivity contribution in [2.75, 3.05) is 0 Å². The largest absolute Gasteiger partial charge is 0.508 e. The maximum atomic E-state index is 12.7. The summed E-state index contributed by atoms with van der Waals surface area (Å²) in [5.41, 5.74) is 2.35. The van der Waals surface area contributed by atoms with E-state index in [-0.39, 0.29) is 29.7 Å². The molecule has 1 atom stereocenters. The smallest absolute Gasteiger partial charge is 0.340 e. The first-order valence-electron chi connectivity index (χ1n) is 10.1. The Morgan fingerprint density at radius 1 is 1.09 bits per heavy atom. The molecule has 2 aromatic carbocycles. The van der Waals surface area contributed by atoms with Crippen LogP contribution in [0, 0.1) is 13.8 Å². The van der Waals surface area contributed by atoms with Crippen molar-refractivity contribution in [3.63, 3.8) is 0 Å². The molecule has 2 aromatic heterocycles. The van der Waals surface area contributed by atoms with Crippen LogP contribution in [-0.4, -0.2) is 33.1 Å². The Morgan fingerprint density at radius 2 is 1.84 bits per heavy atom. The first kappa shape index (κ1) is 21.2. The normalized spacial score (nSPS) is 12.2. The maximum Gasteiger partial charge on any atom is 0.340 e. The number of aromatic hydroxyl groups is 1. The minimum atomic E-state index is -1.17. The number of para-hydroxylation sites is 1. The summed E-state index contributed by atoms with van der Waals surface area (Å²) in [6, 6.07) is 9.46. The van der Waals surface area contributed by atoms with Gasteiger partial charge in [0.15, 0.2) is 0 Å². The Morgan fingerprint density at radius 3 is 2.59 bits per heavy atom. The molecule has 0 aliphatic rings. The highest BCUT2D eigenvalue weighted by Crippen LogP contribution is 2.28. The van der Waals surface area contributed by atoms with E-state index in [1.54, 1.807) is 26.1 Å². The van der Waals surface area contributed by atoms with Crippen molar-refractivity contribution < 1.29 is 24.2 Å². The second-order valence-corrected chi connectivity index (χ2v) is 7.78. The Labute approximate surface area is 182 Å². The van der Waals surface area contributed by atoms with E-state index in [0.717, 1.165) is 16.5 Å². The molecule has 0 saturated heterocycles. The predicted molar refractivity (Wildman–Crippen MR) is 119 cm³/mol. The monoisotopic (exact) mass is 434 g/mol. The third kappa shape index (κ3) is 3.82. The van der Waals surface area contributed by atoms with E-state index in [0.29, 0.717) is 16.5 Å². The van der Waals surface area contributed by atoms with Crippen molar-refractivity contribution in [3.05, 3.63) is 75.3 Å². The number of aryl methyl sites for hydroxylation is 2. The minimum absolute atomic E-state index is 0.00660. The molecule has 0 fully saturated rings. The van der Waals surface area contributed by atoms with Crippen molar-refractivity contribution in [2.45, 2.75) is 32.7 Å². The number of H-pyrrole nitrogens is 1. The quantitative estimate of drug-likeness (QED) is 0.345. The highest BCUT2D eigenvalue weighted by Gasteiger charge is 2.24. The van der Waals surface area contributed by atoms with Gasteiger partial charge in [-0.3, -0.25) is 4.79 Å². The number of rotatable bonds is 6. The van der Waals surface area contributed by atoms with E-state index in [1.165, 1.54) is 6.07 Å². The molecule has 8 heteroatoms. The van der Waals surface area contributed by atoms with Crippen molar-refractivity contribution in [3.8, 4) is 5.75 Å². The van der Waals surface area contributed by atoms with Gasteiger partial charge in [0.25, 0.3) is 0 Å². The number of hydrogen-bond acceptors (Lipinski definition) is 5. The van der Waals surface area contributed by atoms with Crippen LogP contribution in [0.4, 0.5) is 0 Å². The van der Waals surface area contributed by atoms with Crippen LogP contribution >= 0.6 is 0 Å². The van der Waals surface area contributed by atoms with Crippen LogP contribution in [-0.2, 0) is 22.4 Å². The summed E-state index contributed by atoms with van der Waals surface area (Å²) in [4.78, 5) is 40.1. The number of phenolic OH excluding ortho intramolecular Hbond substituents is 1. The van der Waals surface area contributed by atoms with E-state index in [1.807, 2.05) is 24.3 Å². The fraction of sp³-hybridized carbons (Fsp3) is 0.208. The Bertz CT molecular complexity index is 1420. The lowest BCUT2D eigenvalue weighted by Crippen LogP contribution is -2.43. The zero-order chi connectivity index (χ0) is 23.0. The SMILES string of the molecule is Cc1c(CC(=O)NC(Cc2c[nH]c3ccccc23)C(=O)O)c(=O)oc2c(C)c(O)ccc12. The standard InChI is InChI=1S/C24H22N2O6/c1-12-15-7-8-20(27)13(2)22(15)32-24(31)17(12)10-21(28)26-19(23(29)30)9-14-11-25-18-6-4-3-5-16(14)18/h3-8,11,19,25,27H,9-10H2,1-2H3,(H,26,28)(H,29,30). The van der Waals surface area contributed by atoms with Gasteiger partial charge in [0, 0.05) is 34.5 Å². The average Bonchev–Trinajstić information content (AvgIpc) is 3.16. The molecule has 0 saturated carbocycles. The molecule has 4 aromatic rings. The molecule has 4 rings (SSSR count). The Balaban J connectivity index is 1.58. The number of carbonyl (C=O) groups is 2. The molecule has 8 nitrogen and oxygen atoms in total. The van der Waals surface area contributed by atoms with E-state index < -0.39 is 23.5 Å². The third-order valence-corrected chi connectivity index (χ3v) is 5.74. The molecule has 1 amide bonds. The van der Waals surface area contributed by atoms with E-state index >= 15 is 0 Å². The summed E-state index contributed by atoms with van der Waals surface area (Å²) in [5.74, 6) is -1.76. The number of aromatic nitrogens is 1. The molecule has 164 valence electrons. The number of hydrogen-bond donors (Lipinski definition) is 4. The number of aliphatic carboxylic acids is 1. The highest BCUT2D eigenvalue weighted by atomic mass is 16.4. The molecule has 0 aliphatic carbocycles. The van der Waals surface area contributed by atoms with Crippen molar-refractivity contribution in [1.29, 1.82) is 0 Å². The van der Waals surface area contributed by atoms with Crippen LogP contribution < -0.4 is 10.9 Å². The van der Waals surface area contributed by atoms with Crippen LogP contribution in [0.1, 0.15) is 22.3 Å². The van der Waals surface area contributed by atoms with Gasteiger partial charge >= 0.3 is 11.6 Å². The number of fused-ring (bicyclic) bond motifs is 2. The summed E-state index contributed by atoms with van der Waals surface area (Å²) in [5, 5.41) is 23.5. The van der Waals surface area contributed by atoms with Gasteiger partial charge < -0.3 is 24.9 Å². The first-order valence-corrected chi connectivity index (χ1v) is 10.1. The van der Waals surface area contributed by atoms with Gasteiger partial charge in [0.2, 0.25) is 5.91 Å². The zero-order valence-electron chi connectivity index (χ0n) is 17.6. The van der Waals surface area contributed by atoms with Crippen LogP contribution in [0.2, 0.25) is 0 Å². The number of amides is 1. The molecule has 1 unspecified atom stereocenters.